The molecule has 1 aliphatic heterocycles. The molecule has 4 rings (SSSR count). The zero-order valence-electron chi connectivity index (χ0n) is 17.5. The van der Waals surface area contributed by atoms with Crippen molar-refractivity contribution in [3.63, 3.8) is 0 Å². The van der Waals surface area contributed by atoms with Crippen LogP contribution in [0.1, 0.15) is 25.5 Å². The van der Waals surface area contributed by atoms with Gasteiger partial charge in [-0.25, -0.2) is 15.0 Å². The van der Waals surface area contributed by atoms with Crippen LogP contribution in [-0.2, 0) is 0 Å². The number of nitrogens with zero attached hydrogens (tertiary/aromatic N) is 4. The first-order valence-electron chi connectivity index (χ1n) is 10.1. The van der Waals surface area contributed by atoms with Crippen LogP contribution in [0.4, 0.5) is 17.6 Å². The van der Waals surface area contributed by atoms with Crippen molar-refractivity contribution in [2.24, 2.45) is 5.92 Å². The monoisotopic (exact) mass is 406 g/mol. The summed E-state index contributed by atoms with van der Waals surface area (Å²) in [6, 6.07) is 8.85. The molecule has 0 unspecified atom stereocenters. The number of methoxy groups -OCH3 is 1. The quantitative estimate of drug-likeness (QED) is 0.669. The van der Waals surface area contributed by atoms with E-state index in [1.54, 1.807) is 13.3 Å². The van der Waals surface area contributed by atoms with Crippen molar-refractivity contribution < 1.29 is 4.74 Å². The highest BCUT2D eigenvalue weighted by Crippen LogP contribution is 2.25. The van der Waals surface area contributed by atoms with E-state index in [9.17, 15) is 4.79 Å². The van der Waals surface area contributed by atoms with Crippen molar-refractivity contribution in [3.8, 4) is 17.0 Å². The smallest absolute Gasteiger partial charge is 0.252 e. The SMILES string of the molecule is COc1ccc(Nc2nc(-c3cnc(N4CCC(C)CC4)nc3C)cc(=O)[nH]2)cc1. The molecular weight excluding hydrogens is 380 g/mol. The van der Waals surface area contributed by atoms with Crippen molar-refractivity contribution in [1.29, 1.82) is 0 Å². The van der Waals surface area contributed by atoms with Gasteiger partial charge in [0.1, 0.15) is 5.75 Å². The van der Waals surface area contributed by atoms with E-state index in [-0.39, 0.29) is 5.56 Å². The number of piperidine rings is 1. The number of nitrogens with one attached hydrogen (secondary N) is 2. The summed E-state index contributed by atoms with van der Waals surface area (Å²) in [5.41, 5.74) is 2.62. The molecule has 8 heteroatoms. The lowest BCUT2D eigenvalue weighted by Gasteiger charge is -2.30. The summed E-state index contributed by atoms with van der Waals surface area (Å²) in [4.78, 5) is 31.0. The first-order valence-corrected chi connectivity index (χ1v) is 10.1. The molecule has 0 spiro atoms. The zero-order chi connectivity index (χ0) is 21.1. The second kappa shape index (κ2) is 8.52. The van der Waals surface area contributed by atoms with Crippen LogP contribution in [0, 0.1) is 12.8 Å². The normalized spacial score (nSPS) is 14.6. The molecule has 1 aromatic carbocycles. The van der Waals surface area contributed by atoms with Crippen LogP contribution in [0.3, 0.4) is 0 Å². The number of aryl methyl sites for hydroxylation is 1. The summed E-state index contributed by atoms with van der Waals surface area (Å²) in [6.07, 6.45) is 4.06. The number of ether oxygens (including phenoxy) is 1. The number of aromatic amines is 1. The fourth-order valence-corrected chi connectivity index (χ4v) is 3.53. The summed E-state index contributed by atoms with van der Waals surface area (Å²) >= 11 is 0. The van der Waals surface area contributed by atoms with Crippen LogP contribution in [-0.4, -0.2) is 40.1 Å². The van der Waals surface area contributed by atoms with E-state index in [1.807, 2.05) is 31.2 Å². The molecule has 1 saturated heterocycles. The molecule has 0 radical (unpaired) electrons. The molecular formula is C22H26N6O2. The predicted molar refractivity (Wildman–Crippen MR) is 118 cm³/mol. The van der Waals surface area contributed by atoms with Gasteiger partial charge in [-0.15, -0.1) is 0 Å². The average Bonchev–Trinajstić information content (AvgIpc) is 2.74. The molecule has 30 heavy (non-hydrogen) atoms. The topological polar surface area (TPSA) is 96.0 Å². The highest BCUT2D eigenvalue weighted by molar-refractivity contribution is 5.64. The Balaban J connectivity index is 1.58. The van der Waals surface area contributed by atoms with E-state index in [0.717, 1.165) is 60.5 Å². The Kier molecular flexibility index (Phi) is 5.65. The van der Waals surface area contributed by atoms with Crippen LogP contribution in [0.5, 0.6) is 5.75 Å². The maximum atomic E-state index is 12.2. The first-order chi connectivity index (χ1) is 14.5. The van der Waals surface area contributed by atoms with Gasteiger partial charge in [-0.2, -0.15) is 0 Å². The third kappa shape index (κ3) is 4.42. The third-order valence-electron chi connectivity index (χ3n) is 5.40. The molecule has 0 aliphatic carbocycles. The first kappa shape index (κ1) is 19.9. The van der Waals surface area contributed by atoms with E-state index in [2.05, 4.69) is 37.1 Å². The average molecular weight is 406 g/mol. The summed E-state index contributed by atoms with van der Waals surface area (Å²) in [5.74, 6) is 2.60. The highest BCUT2D eigenvalue weighted by atomic mass is 16.5. The summed E-state index contributed by atoms with van der Waals surface area (Å²) < 4.78 is 5.17. The summed E-state index contributed by atoms with van der Waals surface area (Å²) in [7, 11) is 1.62. The maximum Gasteiger partial charge on any atom is 0.252 e. The highest BCUT2D eigenvalue weighted by Gasteiger charge is 2.19. The fraction of sp³-hybridized carbons (Fsp3) is 0.364. The number of anilines is 3. The Hall–Kier alpha value is -3.42. The minimum Gasteiger partial charge on any atom is -0.497 e. The largest absolute Gasteiger partial charge is 0.497 e. The van der Waals surface area contributed by atoms with Gasteiger partial charge in [0.05, 0.1) is 18.5 Å². The minimum absolute atomic E-state index is 0.246. The Bertz CT molecular complexity index is 1070. The second-order valence-corrected chi connectivity index (χ2v) is 7.67. The predicted octanol–water partition coefficient (Wildman–Crippen LogP) is 3.52. The van der Waals surface area contributed by atoms with E-state index >= 15 is 0 Å². The van der Waals surface area contributed by atoms with Crippen molar-refractivity contribution in [2.75, 3.05) is 30.4 Å². The van der Waals surface area contributed by atoms with E-state index in [0.29, 0.717) is 11.6 Å². The van der Waals surface area contributed by atoms with Crippen molar-refractivity contribution in [2.45, 2.75) is 26.7 Å². The molecule has 2 N–H and O–H groups in total. The van der Waals surface area contributed by atoms with Gasteiger partial charge in [-0.05, 0) is 49.9 Å². The number of H-pyrrole nitrogens is 1. The molecule has 0 saturated carbocycles. The Morgan fingerprint density at radius 3 is 2.57 bits per heavy atom. The summed E-state index contributed by atoms with van der Waals surface area (Å²) in [6.45, 7) is 6.15. The van der Waals surface area contributed by atoms with Gasteiger partial charge in [-0.3, -0.25) is 9.78 Å². The Labute approximate surface area is 175 Å². The van der Waals surface area contributed by atoms with Gasteiger partial charge in [0.2, 0.25) is 11.9 Å². The zero-order valence-corrected chi connectivity index (χ0v) is 17.5. The lowest BCUT2D eigenvalue weighted by Crippen LogP contribution is -2.34. The van der Waals surface area contributed by atoms with Crippen LogP contribution in [0.2, 0.25) is 0 Å². The molecule has 8 nitrogen and oxygen atoms in total. The number of hydrogen-bond donors (Lipinski definition) is 2. The standard InChI is InChI=1S/C22H26N6O2/c1-14-8-10-28(11-9-14)22-23-13-18(15(2)24-22)19-12-20(29)27-21(26-19)25-16-4-6-17(30-3)7-5-16/h4-7,12-14H,8-11H2,1-3H3,(H2,25,26,27,29). The lowest BCUT2D eigenvalue weighted by molar-refractivity contribution is 0.415. The van der Waals surface area contributed by atoms with E-state index < -0.39 is 0 Å². The Morgan fingerprint density at radius 2 is 1.90 bits per heavy atom. The molecule has 0 atom stereocenters. The van der Waals surface area contributed by atoms with E-state index in [1.165, 1.54) is 6.07 Å². The molecule has 0 bridgehead atoms. The maximum absolute atomic E-state index is 12.2. The van der Waals surface area contributed by atoms with Gasteiger partial charge in [0.15, 0.2) is 0 Å². The van der Waals surface area contributed by atoms with Crippen LogP contribution in [0.25, 0.3) is 11.3 Å². The molecule has 3 aromatic rings. The van der Waals surface area contributed by atoms with Crippen LogP contribution < -0.4 is 20.5 Å². The number of rotatable bonds is 5. The van der Waals surface area contributed by atoms with Crippen molar-refractivity contribution >= 4 is 17.6 Å². The number of benzene rings is 1. The lowest BCUT2D eigenvalue weighted by atomic mass is 10.00. The number of hydrogen-bond acceptors (Lipinski definition) is 7. The minimum atomic E-state index is -0.246. The third-order valence-corrected chi connectivity index (χ3v) is 5.40. The van der Waals surface area contributed by atoms with Gasteiger partial charge >= 0.3 is 0 Å². The molecule has 3 heterocycles. The molecule has 1 fully saturated rings. The van der Waals surface area contributed by atoms with Crippen LogP contribution >= 0.6 is 0 Å². The van der Waals surface area contributed by atoms with Gasteiger partial charge in [-0.1, -0.05) is 6.92 Å². The fourth-order valence-electron chi connectivity index (χ4n) is 3.53. The van der Waals surface area contributed by atoms with Gasteiger partial charge in [0, 0.05) is 36.6 Å². The summed E-state index contributed by atoms with van der Waals surface area (Å²) in [5, 5.41) is 3.12. The molecule has 2 aromatic heterocycles. The van der Waals surface area contributed by atoms with E-state index in [4.69, 9.17) is 4.74 Å². The second-order valence-electron chi connectivity index (χ2n) is 7.67. The van der Waals surface area contributed by atoms with Crippen molar-refractivity contribution in [1.82, 2.24) is 19.9 Å². The van der Waals surface area contributed by atoms with Gasteiger partial charge in [0.25, 0.3) is 5.56 Å². The molecule has 1 aliphatic rings. The van der Waals surface area contributed by atoms with Gasteiger partial charge < -0.3 is 15.0 Å². The molecule has 0 amide bonds. The Morgan fingerprint density at radius 1 is 1.17 bits per heavy atom. The number of aromatic nitrogens is 4. The van der Waals surface area contributed by atoms with Crippen molar-refractivity contribution in [3.05, 3.63) is 52.6 Å². The van der Waals surface area contributed by atoms with Crippen LogP contribution in [0.15, 0.2) is 41.3 Å². The molecule has 156 valence electrons.